The molecule has 1 aromatic carbocycles. The molecule has 5 heteroatoms. The lowest BCUT2D eigenvalue weighted by atomic mass is 10.1. The van der Waals surface area contributed by atoms with E-state index in [0.717, 1.165) is 25.3 Å². The first-order valence-electron chi connectivity index (χ1n) is 6.68. The second-order valence-corrected chi connectivity index (χ2v) is 4.14. The number of rotatable bonds is 10. The van der Waals surface area contributed by atoms with Crippen LogP contribution in [0.5, 0.6) is 5.75 Å². The minimum absolute atomic E-state index is 0.0749. The first kappa shape index (κ1) is 15.8. The Morgan fingerprint density at radius 2 is 2.11 bits per heavy atom. The monoisotopic (exact) mass is 268 g/mol. The van der Waals surface area contributed by atoms with Gasteiger partial charge in [0, 0.05) is 6.54 Å². The fourth-order valence-electron chi connectivity index (χ4n) is 1.71. The third-order valence-electron chi connectivity index (χ3n) is 2.62. The molecular formula is C14H24N2O3. The zero-order chi connectivity index (χ0) is 13.9. The number of nitrogens with one attached hydrogen (secondary N) is 1. The molecule has 4 N–H and O–H groups in total. The number of hydrogen-bond acceptors (Lipinski definition) is 5. The summed E-state index contributed by atoms with van der Waals surface area (Å²) < 4.78 is 10.5. The van der Waals surface area contributed by atoms with Crippen LogP contribution in [0.3, 0.4) is 0 Å². The maximum Gasteiger partial charge on any atom is 0.142 e. The number of aliphatic hydroxyl groups is 1. The number of benzene rings is 1. The van der Waals surface area contributed by atoms with Crippen LogP contribution in [0.1, 0.15) is 12.5 Å². The van der Waals surface area contributed by atoms with Crippen molar-refractivity contribution in [3.8, 4) is 5.75 Å². The SMILES string of the molecule is CCOc1ccc(CCNCCOCCO)cc1N. The quantitative estimate of drug-likeness (QED) is 0.432. The molecule has 0 aliphatic rings. The van der Waals surface area contributed by atoms with Crippen LogP contribution in [0.4, 0.5) is 5.69 Å². The van der Waals surface area contributed by atoms with Gasteiger partial charge in [-0.1, -0.05) is 6.07 Å². The molecule has 0 aromatic heterocycles. The van der Waals surface area contributed by atoms with Crippen LogP contribution in [0.15, 0.2) is 18.2 Å². The number of ether oxygens (including phenoxy) is 2. The normalized spacial score (nSPS) is 10.6. The highest BCUT2D eigenvalue weighted by molar-refractivity contribution is 5.54. The van der Waals surface area contributed by atoms with Gasteiger partial charge in [0.05, 0.1) is 32.1 Å². The van der Waals surface area contributed by atoms with Crippen molar-refractivity contribution in [3.05, 3.63) is 23.8 Å². The molecule has 0 heterocycles. The van der Waals surface area contributed by atoms with E-state index in [1.54, 1.807) is 0 Å². The Kier molecular flexibility index (Phi) is 7.97. The maximum atomic E-state index is 8.54. The zero-order valence-corrected chi connectivity index (χ0v) is 11.5. The molecule has 0 saturated heterocycles. The van der Waals surface area contributed by atoms with Crippen LogP contribution >= 0.6 is 0 Å². The van der Waals surface area contributed by atoms with E-state index < -0.39 is 0 Å². The van der Waals surface area contributed by atoms with Crippen molar-refractivity contribution >= 4 is 5.69 Å². The van der Waals surface area contributed by atoms with E-state index in [1.165, 1.54) is 5.56 Å². The van der Waals surface area contributed by atoms with Gasteiger partial charge in [-0.3, -0.25) is 0 Å². The summed E-state index contributed by atoms with van der Waals surface area (Å²) in [5.41, 5.74) is 7.77. The van der Waals surface area contributed by atoms with E-state index in [4.69, 9.17) is 20.3 Å². The minimum atomic E-state index is 0.0749. The van der Waals surface area contributed by atoms with Crippen LogP contribution in [0.25, 0.3) is 0 Å². The highest BCUT2D eigenvalue weighted by Gasteiger charge is 2.01. The number of nitrogens with two attached hydrogens (primary N) is 1. The van der Waals surface area contributed by atoms with Crippen molar-refractivity contribution in [2.45, 2.75) is 13.3 Å². The zero-order valence-electron chi connectivity index (χ0n) is 11.5. The molecule has 19 heavy (non-hydrogen) atoms. The predicted octanol–water partition coefficient (Wildman–Crippen LogP) is 0.808. The molecule has 5 nitrogen and oxygen atoms in total. The summed E-state index contributed by atoms with van der Waals surface area (Å²) >= 11 is 0. The van der Waals surface area contributed by atoms with Crippen molar-refractivity contribution in [1.82, 2.24) is 5.32 Å². The Morgan fingerprint density at radius 3 is 2.79 bits per heavy atom. The van der Waals surface area contributed by atoms with Crippen LogP contribution in [0, 0.1) is 0 Å². The Balaban J connectivity index is 2.20. The minimum Gasteiger partial charge on any atom is -0.492 e. The fraction of sp³-hybridized carbons (Fsp3) is 0.571. The standard InChI is InChI=1S/C14H24N2O3/c1-2-19-14-4-3-12(11-13(14)15)5-6-16-7-9-18-10-8-17/h3-4,11,16-17H,2,5-10,15H2,1H3. The largest absolute Gasteiger partial charge is 0.492 e. The van der Waals surface area contributed by atoms with E-state index in [-0.39, 0.29) is 6.61 Å². The third-order valence-corrected chi connectivity index (χ3v) is 2.62. The number of nitrogen functional groups attached to an aromatic ring is 1. The lowest BCUT2D eigenvalue weighted by molar-refractivity contribution is 0.0940. The molecule has 0 fully saturated rings. The Bertz CT molecular complexity index is 359. The van der Waals surface area contributed by atoms with Crippen molar-refractivity contribution < 1.29 is 14.6 Å². The van der Waals surface area contributed by atoms with Gasteiger partial charge in [-0.2, -0.15) is 0 Å². The van der Waals surface area contributed by atoms with Gasteiger partial charge >= 0.3 is 0 Å². The van der Waals surface area contributed by atoms with Crippen molar-refractivity contribution in [1.29, 1.82) is 0 Å². The summed E-state index contributed by atoms with van der Waals surface area (Å²) in [5, 5.41) is 11.8. The van der Waals surface area contributed by atoms with Crippen LogP contribution in [-0.4, -0.2) is 44.6 Å². The molecule has 0 spiro atoms. The van der Waals surface area contributed by atoms with E-state index >= 15 is 0 Å². The Labute approximate surface area is 114 Å². The van der Waals surface area contributed by atoms with Crippen molar-refractivity contribution in [3.63, 3.8) is 0 Å². The summed E-state index contributed by atoms with van der Waals surface area (Å²) in [6, 6.07) is 5.90. The van der Waals surface area contributed by atoms with Crippen LogP contribution in [0.2, 0.25) is 0 Å². The first-order chi connectivity index (χ1) is 9.27. The second-order valence-electron chi connectivity index (χ2n) is 4.14. The smallest absolute Gasteiger partial charge is 0.142 e. The van der Waals surface area contributed by atoms with E-state index in [1.807, 2.05) is 25.1 Å². The molecule has 0 unspecified atom stereocenters. The molecule has 108 valence electrons. The predicted molar refractivity (Wildman–Crippen MR) is 76.5 cm³/mol. The lowest BCUT2D eigenvalue weighted by Gasteiger charge is -2.09. The molecule has 0 aliphatic heterocycles. The van der Waals surface area contributed by atoms with Crippen molar-refractivity contribution in [2.24, 2.45) is 0 Å². The summed E-state index contributed by atoms with van der Waals surface area (Å²) in [4.78, 5) is 0. The summed E-state index contributed by atoms with van der Waals surface area (Å²) in [6.07, 6.45) is 0.913. The summed E-state index contributed by atoms with van der Waals surface area (Å²) in [6.45, 7) is 5.31. The average molecular weight is 268 g/mol. The van der Waals surface area contributed by atoms with Gasteiger partial charge in [-0.25, -0.2) is 0 Å². The topological polar surface area (TPSA) is 76.7 Å². The number of hydrogen-bond donors (Lipinski definition) is 3. The highest BCUT2D eigenvalue weighted by Crippen LogP contribution is 2.22. The third kappa shape index (κ3) is 6.42. The molecule has 0 aliphatic carbocycles. The van der Waals surface area contributed by atoms with Gasteiger partial charge in [0.25, 0.3) is 0 Å². The molecule has 0 atom stereocenters. The molecular weight excluding hydrogens is 244 g/mol. The van der Waals surface area contributed by atoms with Crippen LogP contribution in [-0.2, 0) is 11.2 Å². The molecule has 0 saturated carbocycles. The second kappa shape index (κ2) is 9.61. The fourth-order valence-corrected chi connectivity index (χ4v) is 1.71. The number of aliphatic hydroxyl groups excluding tert-OH is 1. The van der Waals surface area contributed by atoms with Gasteiger partial charge < -0.3 is 25.6 Å². The van der Waals surface area contributed by atoms with Crippen molar-refractivity contribution in [2.75, 3.05) is 45.3 Å². The average Bonchev–Trinajstić information content (AvgIpc) is 2.41. The summed E-state index contributed by atoms with van der Waals surface area (Å²) in [7, 11) is 0. The van der Waals surface area contributed by atoms with Gasteiger partial charge in [-0.05, 0) is 37.6 Å². The van der Waals surface area contributed by atoms with E-state index in [9.17, 15) is 0 Å². The highest BCUT2D eigenvalue weighted by atomic mass is 16.5. The molecule has 0 amide bonds. The van der Waals surface area contributed by atoms with E-state index in [0.29, 0.717) is 25.5 Å². The molecule has 1 aromatic rings. The van der Waals surface area contributed by atoms with Gasteiger partial charge in [0.15, 0.2) is 0 Å². The van der Waals surface area contributed by atoms with Crippen LogP contribution < -0.4 is 15.8 Å². The summed E-state index contributed by atoms with van der Waals surface area (Å²) in [5.74, 6) is 0.747. The Hall–Kier alpha value is -1.30. The molecule has 1 rings (SSSR count). The molecule has 0 radical (unpaired) electrons. The van der Waals surface area contributed by atoms with E-state index in [2.05, 4.69) is 5.32 Å². The lowest BCUT2D eigenvalue weighted by Crippen LogP contribution is -2.22. The van der Waals surface area contributed by atoms with Gasteiger partial charge in [0.2, 0.25) is 0 Å². The van der Waals surface area contributed by atoms with Gasteiger partial charge in [0.1, 0.15) is 5.75 Å². The number of anilines is 1. The maximum absolute atomic E-state index is 8.54. The molecule has 0 bridgehead atoms. The first-order valence-corrected chi connectivity index (χ1v) is 6.68. The van der Waals surface area contributed by atoms with Gasteiger partial charge in [-0.15, -0.1) is 0 Å². The Morgan fingerprint density at radius 1 is 1.26 bits per heavy atom.